The van der Waals surface area contributed by atoms with Crippen LogP contribution in [0.1, 0.15) is 13.3 Å². The molecule has 15 heavy (non-hydrogen) atoms. The van der Waals surface area contributed by atoms with Gasteiger partial charge in [0.25, 0.3) is 0 Å². The quantitative estimate of drug-likeness (QED) is 0.593. The lowest BCUT2D eigenvalue weighted by Crippen LogP contribution is -2.45. The summed E-state index contributed by atoms with van der Waals surface area (Å²) in [5, 5.41) is 0. The predicted octanol–water partition coefficient (Wildman–Crippen LogP) is 1.46. The van der Waals surface area contributed by atoms with Crippen molar-refractivity contribution in [3.63, 3.8) is 0 Å². The lowest BCUT2D eigenvalue weighted by molar-refractivity contribution is -0.285. The standard InChI is InChI=1S/C7H10F5NO2/c1-2-15-5(14)4(13)3-6(8,9)7(10,11)12/h4H,2-3,13H2,1H3/t4-/m0/s1. The average Bonchev–Trinajstić information content (AvgIpc) is 2.01. The van der Waals surface area contributed by atoms with Gasteiger partial charge in [0.2, 0.25) is 0 Å². The summed E-state index contributed by atoms with van der Waals surface area (Å²) in [7, 11) is 0. The van der Waals surface area contributed by atoms with Gasteiger partial charge in [-0.3, -0.25) is 4.79 Å². The number of halogens is 5. The maximum Gasteiger partial charge on any atom is 0.453 e. The zero-order valence-electron chi connectivity index (χ0n) is 7.78. The third-order valence-electron chi connectivity index (χ3n) is 1.48. The van der Waals surface area contributed by atoms with Crippen LogP contribution >= 0.6 is 0 Å². The predicted molar refractivity (Wildman–Crippen MR) is 40.2 cm³/mol. The van der Waals surface area contributed by atoms with Gasteiger partial charge in [0, 0.05) is 6.42 Å². The first kappa shape index (κ1) is 14.1. The van der Waals surface area contributed by atoms with Crippen LogP contribution in [0.4, 0.5) is 22.0 Å². The molecule has 0 saturated heterocycles. The second-order valence-corrected chi connectivity index (χ2v) is 2.76. The van der Waals surface area contributed by atoms with Crippen molar-refractivity contribution < 1.29 is 31.5 Å². The molecule has 0 fully saturated rings. The second kappa shape index (κ2) is 4.73. The molecule has 0 rings (SSSR count). The molecule has 0 aliphatic carbocycles. The molecule has 0 aliphatic heterocycles. The Balaban J connectivity index is 4.40. The number of hydrogen-bond acceptors (Lipinski definition) is 3. The lowest BCUT2D eigenvalue weighted by Gasteiger charge is -2.21. The summed E-state index contributed by atoms with van der Waals surface area (Å²) in [4.78, 5) is 10.7. The Morgan fingerprint density at radius 1 is 1.33 bits per heavy atom. The van der Waals surface area contributed by atoms with Crippen molar-refractivity contribution in [3.8, 4) is 0 Å². The third kappa shape index (κ3) is 3.98. The maximum absolute atomic E-state index is 12.4. The second-order valence-electron chi connectivity index (χ2n) is 2.76. The van der Waals surface area contributed by atoms with Crippen LogP contribution in [0.3, 0.4) is 0 Å². The molecule has 0 unspecified atom stereocenters. The first-order chi connectivity index (χ1) is 6.62. The smallest absolute Gasteiger partial charge is 0.453 e. The number of alkyl halides is 5. The lowest BCUT2D eigenvalue weighted by atomic mass is 10.1. The Morgan fingerprint density at radius 2 is 1.80 bits per heavy atom. The fourth-order valence-electron chi connectivity index (χ4n) is 0.725. The Hall–Kier alpha value is -0.920. The Kier molecular flexibility index (Phi) is 4.44. The fourth-order valence-corrected chi connectivity index (χ4v) is 0.725. The SMILES string of the molecule is CCOC(=O)[C@@H](N)CC(F)(F)C(F)(F)F. The molecule has 0 aliphatic rings. The van der Waals surface area contributed by atoms with Crippen molar-refractivity contribution in [1.82, 2.24) is 0 Å². The van der Waals surface area contributed by atoms with Crippen molar-refractivity contribution in [2.45, 2.75) is 31.5 Å². The molecule has 1 atom stereocenters. The van der Waals surface area contributed by atoms with Gasteiger partial charge < -0.3 is 10.5 Å². The van der Waals surface area contributed by atoms with Crippen LogP contribution in [0, 0.1) is 0 Å². The van der Waals surface area contributed by atoms with Gasteiger partial charge in [-0.1, -0.05) is 0 Å². The first-order valence-corrected chi connectivity index (χ1v) is 3.98. The molecule has 90 valence electrons. The summed E-state index contributed by atoms with van der Waals surface area (Å²) in [6, 6.07) is -1.98. The highest BCUT2D eigenvalue weighted by Gasteiger charge is 2.58. The highest BCUT2D eigenvalue weighted by atomic mass is 19.4. The average molecular weight is 235 g/mol. The molecule has 0 aromatic carbocycles. The van der Waals surface area contributed by atoms with E-state index in [1.54, 1.807) is 0 Å². The molecule has 0 aromatic rings. The molecule has 0 bridgehead atoms. The summed E-state index contributed by atoms with van der Waals surface area (Å²) in [5.41, 5.74) is 4.83. The minimum atomic E-state index is -5.71. The topological polar surface area (TPSA) is 52.3 Å². The van der Waals surface area contributed by atoms with Crippen LogP contribution in [0.25, 0.3) is 0 Å². The van der Waals surface area contributed by atoms with Crippen molar-refractivity contribution in [2.75, 3.05) is 6.61 Å². The van der Waals surface area contributed by atoms with Gasteiger partial charge in [-0.25, -0.2) is 0 Å². The van der Waals surface area contributed by atoms with Gasteiger partial charge in [-0.15, -0.1) is 0 Å². The number of carbonyl (C=O) groups is 1. The molecular formula is C7H10F5NO2. The fraction of sp³-hybridized carbons (Fsp3) is 0.857. The van der Waals surface area contributed by atoms with E-state index < -0.39 is 30.5 Å². The molecule has 0 amide bonds. The number of esters is 1. The van der Waals surface area contributed by atoms with Crippen LogP contribution in [-0.4, -0.2) is 30.7 Å². The number of nitrogens with two attached hydrogens (primary N) is 1. The van der Waals surface area contributed by atoms with Gasteiger partial charge in [0.1, 0.15) is 6.04 Å². The Bertz CT molecular complexity index is 228. The van der Waals surface area contributed by atoms with E-state index in [1.807, 2.05) is 0 Å². The highest BCUT2D eigenvalue weighted by Crippen LogP contribution is 2.38. The van der Waals surface area contributed by atoms with E-state index in [0.29, 0.717) is 0 Å². The molecular weight excluding hydrogens is 225 g/mol. The summed E-state index contributed by atoms with van der Waals surface area (Å²) in [6.45, 7) is 1.25. The van der Waals surface area contributed by atoms with Crippen molar-refractivity contribution in [1.29, 1.82) is 0 Å². The molecule has 0 saturated carbocycles. The monoisotopic (exact) mass is 235 g/mol. The first-order valence-electron chi connectivity index (χ1n) is 3.98. The zero-order chi connectivity index (χ0) is 12.3. The van der Waals surface area contributed by atoms with Crippen LogP contribution in [0.5, 0.6) is 0 Å². The van der Waals surface area contributed by atoms with Gasteiger partial charge >= 0.3 is 18.1 Å². The molecule has 0 aromatic heterocycles. The third-order valence-corrected chi connectivity index (χ3v) is 1.48. The van der Waals surface area contributed by atoms with Gasteiger partial charge in [-0.2, -0.15) is 22.0 Å². The normalized spacial score (nSPS) is 14.9. The van der Waals surface area contributed by atoms with Crippen molar-refractivity contribution >= 4 is 5.97 Å². The minimum Gasteiger partial charge on any atom is -0.465 e. The van der Waals surface area contributed by atoms with Crippen LogP contribution in [0.2, 0.25) is 0 Å². The number of ether oxygens (including phenoxy) is 1. The molecule has 2 N–H and O–H groups in total. The van der Waals surface area contributed by atoms with E-state index in [2.05, 4.69) is 4.74 Å². The van der Waals surface area contributed by atoms with E-state index in [-0.39, 0.29) is 6.61 Å². The van der Waals surface area contributed by atoms with Crippen LogP contribution < -0.4 is 5.73 Å². The number of hydrogen-bond donors (Lipinski definition) is 1. The summed E-state index contributed by atoms with van der Waals surface area (Å²) >= 11 is 0. The van der Waals surface area contributed by atoms with Crippen molar-refractivity contribution in [2.24, 2.45) is 5.73 Å². The van der Waals surface area contributed by atoms with Gasteiger partial charge in [0.15, 0.2) is 0 Å². The van der Waals surface area contributed by atoms with E-state index in [0.717, 1.165) is 0 Å². The minimum absolute atomic E-state index is 0.135. The summed E-state index contributed by atoms with van der Waals surface area (Å²) in [6.07, 6.45) is -7.52. The number of rotatable bonds is 4. The van der Waals surface area contributed by atoms with E-state index in [4.69, 9.17) is 5.73 Å². The van der Waals surface area contributed by atoms with E-state index >= 15 is 0 Å². The molecule has 0 radical (unpaired) electrons. The Morgan fingerprint density at radius 3 is 2.13 bits per heavy atom. The summed E-state index contributed by atoms with van der Waals surface area (Å²) in [5.74, 6) is -6.26. The largest absolute Gasteiger partial charge is 0.465 e. The highest BCUT2D eigenvalue weighted by molar-refractivity contribution is 5.75. The molecule has 0 spiro atoms. The van der Waals surface area contributed by atoms with Gasteiger partial charge in [0.05, 0.1) is 6.61 Å². The molecule has 8 heteroatoms. The number of carbonyl (C=O) groups excluding carboxylic acids is 1. The van der Waals surface area contributed by atoms with Crippen LogP contribution in [-0.2, 0) is 9.53 Å². The van der Waals surface area contributed by atoms with E-state index in [1.165, 1.54) is 6.92 Å². The Labute approximate surface area is 82.4 Å². The molecule has 3 nitrogen and oxygen atoms in total. The zero-order valence-corrected chi connectivity index (χ0v) is 7.78. The van der Waals surface area contributed by atoms with Crippen LogP contribution in [0.15, 0.2) is 0 Å². The maximum atomic E-state index is 12.4. The molecule has 0 heterocycles. The van der Waals surface area contributed by atoms with E-state index in [9.17, 15) is 26.7 Å². The van der Waals surface area contributed by atoms with Crippen molar-refractivity contribution in [3.05, 3.63) is 0 Å². The summed E-state index contributed by atoms with van der Waals surface area (Å²) < 4.78 is 64.0. The van der Waals surface area contributed by atoms with Gasteiger partial charge in [-0.05, 0) is 6.92 Å².